The van der Waals surface area contributed by atoms with E-state index in [2.05, 4.69) is 31.4 Å². The molecule has 0 spiro atoms. The second-order valence-corrected chi connectivity index (χ2v) is 6.68. The number of anilines is 1. The number of rotatable bonds is 6. The van der Waals surface area contributed by atoms with E-state index in [1.807, 2.05) is 18.2 Å². The molecule has 140 valence electrons. The van der Waals surface area contributed by atoms with Gasteiger partial charge in [-0.05, 0) is 54.6 Å². The topological polar surface area (TPSA) is 90.4 Å². The molecule has 0 saturated heterocycles. The van der Waals surface area contributed by atoms with Crippen molar-refractivity contribution in [1.82, 2.24) is 10.2 Å². The Morgan fingerprint density at radius 3 is 2.64 bits per heavy atom. The van der Waals surface area contributed by atoms with E-state index in [0.29, 0.717) is 28.7 Å². The molecule has 4 aromatic rings. The van der Waals surface area contributed by atoms with E-state index in [0.717, 1.165) is 4.47 Å². The van der Waals surface area contributed by atoms with Gasteiger partial charge in [-0.2, -0.15) is 0 Å². The van der Waals surface area contributed by atoms with Gasteiger partial charge in [-0.25, -0.2) is 0 Å². The summed E-state index contributed by atoms with van der Waals surface area (Å²) in [5.74, 6) is 1.45. The van der Waals surface area contributed by atoms with E-state index >= 15 is 0 Å². The second kappa shape index (κ2) is 8.10. The van der Waals surface area contributed by atoms with Gasteiger partial charge in [0, 0.05) is 15.7 Å². The van der Waals surface area contributed by atoms with E-state index in [1.165, 1.54) is 6.26 Å². The van der Waals surface area contributed by atoms with Crippen LogP contribution in [-0.2, 0) is 4.79 Å². The number of halogens is 1. The van der Waals surface area contributed by atoms with E-state index < -0.39 is 0 Å². The molecule has 1 N–H and O–H groups in total. The predicted octanol–water partition coefficient (Wildman–Crippen LogP) is 4.78. The maximum atomic E-state index is 12.2. The van der Waals surface area contributed by atoms with E-state index in [4.69, 9.17) is 13.6 Å². The van der Waals surface area contributed by atoms with Gasteiger partial charge in [-0.1, -0.05) is 22.0 Å². The Morgan fingerprint density at radius 2 is 1.86 bits per heavy atom. The monoisotopic (exact) mass is 439 g/mol. The lowest BCUT2D eigenvalue weighted by Crippen LogP contribution is -2.20. The fraction of sp³-hybridized carbons (Fsp3) is 0.0500. The van der Waals surface area contributed by atoms with Crippen molar-refractivity contribution in [3.8, 4) is 28.9 Å². The summed E-state index contributed by atoms with van der Waals surface area (Å²) >= 11 is 3.35. The maximum Gasteiger partial charge on any atom is 0.283 e. The number of carbonyl (C=O) groups excluding carboxylic acids is 1. The van der Waals surface area contributed by atoms with Crippen LogP contribution in [0.2, 0.25) is 0 Å². The predicted molar refractivity (Wildman–Crippen MR) is 106 cm³/mol. The zero-order chi connectivity index (χ0) is 19.3. The molecule has 7 nitrogen and oxygen atoms in total. The van der Waals surface area contributed by atoms with Crippen molar-refractivity contribution in [2.45, 2.75) is 0 Å². The molecule has 0 radical (unpaired) electrons. The number of aromatic nitrogens is 2. The summed E-state index contributed by atoms with van der Waals surface area (Å²) in [6.07, 6.45) is 1.53. The molecule has 0 aliphatic carbocycles. The van der Waals surface area contributed by atoms with Crippen molar-refractivity contribution in [1.29, 1.82) is 0 Å². The Kier molecular flexibility index (Phi) is 5.20. The number of hydrogen-bond acceptors (Lipinski definition) is 6. The van der Waals surface area contributed by atoms with E-state index in [-0.39, 0.29) is 18.4 Å². The zero-order valence-corrected chi connectivity index (χ0v) is 16.0. The summed E-state index contributed by atoms with van der Waals surface area (Å²) < 4.78 is 17.3. The van der Waals surface area contributed by atoms with E-state index in [1.54, 1.807) is 42.5 Å². The van der Waals surface area contributed by atoms with Gasteiger partial charge in [0.25, 0.3) is 11.8 Å². The first-order chi connectivity index (χ1) is 13.7. The lowest BCUT2D eigenvalue weighted by atomic mass is 10.2. The van der Waals surface area contributed by atoms with Gasteiger partial charge in [-0.3, -0.25) is 4.79 Å². The molecule has 1 amide bonds. The molecule has 2 aromatic heterocycles. The van der Waals surface area contributed by atoms with Gasteiger partial charge in [-0.15, -0.1) is 10.2 Å². The van der Waals surface area contributed by atoms with Crippen LogP contribution >= 0.6 is 15.9 Å². The number of nitrogens with zero attached hydrogens (tertiary/aromatic N) is 2. The standard InChI is InChI=1S/C20H14BrN3O4/c21-14-6-8-16(9-7-14)27-12-18(25)22-15-4-1-3-13(11-15)19-23-24-20(28-19)17-5-2-10-26-17/h1-11H,12H2,(H,22,25). The normalized spacial score (nSPS) is 10.6. The van der Waals surface area contributed by atoms with Gasteiger partial charge in [0.2, 0.25) is 5.89 Å². The van der Waals surface area contributed by atoms with Crippen molar-refractivity contribution >= 4 is 27.5 Å². The highest BCUT2D eigenvalue weighted by Gasteiger charge is 2.13. The Labute approximate surface area is 168 Å². The molecule has 8 heteroatoms. The average molecular weight is 440 g/mol. The molecule has 0 bridgehead atoms. The van der Waals surface area contributed by atoms with Crippen LogP contribution in [0.25, 0.3) is 23.1 Å². The number of amides is 1. The largest absolute Gasteiger partial charge is 0.484 e. The summed E-state index contributed by atoms with van der Waals surface area (Å²) in [7, 11) is 0. The molecule has 0 atom stereocenters. The summed E-state index contributed by atoms with van der Waals surface area (Å²) in [5.41, 5.74) is 1.27. The van der Waals surface area contributed by atoms with Crippen LogP contribution in [0, 0.1) is 0 Å². The molecular weight excluding hydrogens is 426 g/mol. The number of hydrogen-bond donors (Lipinski definition) is 1. The van der Waals surface area contributed by atoms with Crippen molar-refractivity contribution in [2.75, 3.05) is 11.9 Å². The third-order valence-electron chi connectivity index (χ3n) is 3.73. The number of furan rings is 1. The number of nitrogens with one attached hydrogen (secondary N) is 1. The zero-order valence-electron chi connectivity index (χ0n) is 14.5. The van der Waals surface area contributed by atoms with Crippen molar-refractivity contribution < 1.29 is 18.4 Å². The van der Waals surface area contributed by atoms with Crippen LogP contribution in [0.4, 0.5) is 5.69 Å². The van der Waals surface area contributed by atoms with Crippen molar-refractivity contribution in [3.05, 3.63) is 71.4 Å². The number of benzene rings is 2. The van der Waals surface area contributed by atoms with E-state index in [9.17, 15) is 4.79 Å². The SMILES string of the molecule is O=C(COc1ccc(Br)cc1)Nc1cccc(-c2nnc(-c3ccco3)o2)c1. The third kappa shape index (κ3) is 4.29. The molecule has 28 heavy (non-hydrogen) atoms. The van der Waals surface area contributed by atoms with Crippen LogP contribution in [-0.4, -0.2) is 22.7 Å². The minimum Gasteiger partial charge on any atom is -0.484 e. The summed E-state index contributed by atoms with van der Waals surface area (Å²) in [4.78, 5) is 12.2. The van der Waals surface area contributed by atoms with Crippen LogP contribution in [0.15, 0.2) is 80.2 Å². The Hall–Kier alpha value is -3.39. The lowest BCUT2D eigenvalue weighted by molar-refractivity contribution is -0.118. The van der Waals surface area contributed by atoms with Crippen LogP contribution in [0.5, 0.6) is 5.75 Å². The molecule has 2 heterocycles. The number of carbonyl (C=O) groups is 1. The van der Waals surface area contributed by atoms with Crippen LogP contribution < -0.4 is 10.1 Å². The quantitative estimate of drug-likeness (QED) is 0.464. The molecule has 2 aromatic carbocycles. The fourth-order valence-electron chi connectivity index (χ4n) is 2.45. The highest BCUT2D eigenvalue weighted by molar-refractivity contribution is 9.10. The van der Waals surface area contributed by atoms with Gasteiger partial charge < -0.3 is 18.9 Å². The minimum absolute atomic E-state index is 0.102. The van der Waals surface area contributed by atoms with Gasteiger partial charge in [0.15, 0.2) is 12.4 Å². The number of ether oxygens (including phenoxy) is 1. The molecule has 0 unspecified atom stereocenters. The second-order valence-electron chi connectivity index (χ2n) is 5.76. The molecule has 0 aliphatic heterocycles. The minimum atomic E-state index is -0.276. The third-order valence-corrected chi connectivity index (χ3v) is 4.26. The summed E-state index contributed by atoms with van der Waals surface area (Å²) in [5, 5.41) is 10.8. The first-order valence-corrected chi connectivity index (χ1v) is 9.13. The highest BCUT2D eigenvalue weighted by atomic mass is 79.9. The Balaban J connectivity index is 1.41. The van der Waals surface area contributed by atoms with Gasteiger partial charge >= 0.3 is 0 Å². The van der Waals surface area contributed by atoms with Gasteiger partial charge in [0.1, 0.15) is 5.75 Å². The molecular formula is C20H14BrN3O4. The molecule has 4 rings (SSSR count). The summed E-state index contributed by atoms with van der Waals surface area (Å²) in [6.45, 7) is -0.102. The maximum absolute atomic E-state index is 12.2. The van der Waals surface area contributed by atoms with Crippen molar-refractivity contribution in [2.24, 2.45) is 0 Å². The van der Waals surface area contributed by atoms with Crippen molar-refractivity contribution in [3.63, 3.8) is 0 Å². The molecule has 0 saturated carbocycles. The lowest BCUT2D eigenvalue weighted by Gasteiger charge is -2.08. The first-order valence-electron chi connectivity index (χ1n) is 8.33. The van der Waals surface area contributed by atoms with Crippen LogP contribution in [0.1, 0.15) is 0 Å². The Bertz CT molecular complexity index is 1080. The van der Waals surface area contributed by atoms with Gasteiger partial charge in [0.05, 0.1) is 6.26 Å². The highest BCUT2D eigenvalue weighted by Crippen LogP contribution is 2.26. The fourth-order valence-corrected chi connectivity index (χ4v) is 2.71. The molecule has 0 fully saturated rings. The smallest absolute Gasteiger partial charge is 0.283 e. The molecule has 0 aliphatic rings. The first kappa shape index (κ1) is 18.0. The Morgan fingerprint density at radius 1 is 1.04 bits per heavy atom. The van der Waals surface area contributed by atoms with Crippen LogP contribution in [0.3, 0.4) is 0 Å². The summed E-state index contributed by atoms with van der Waals surface area (Å²) in [6, 6.07) is 17.8. The average Bonchev–Trinajstić information content (AvgIpc) is 3.39.